The van der Waals surface area contributed by atoms with Gasteiger partial charge >= 0.3 is 0 Å². The fourth-order valence-corrected chi connectivity index (χ4v) is 2.46. The van der Waals surface area contributed by atoms with Crippen molar-refractivity contribution in [3.8, 4) is 11.5 Å². The molecule has 1 atom stereocenters. The lowest BCUT2D eigenvalue weighted by Crippen LogP contribution is -2.24. The molecule has 1 saturated carbocycles. The quantitative estimate of drug-likeness (QED) is 0.906. The fourth-order valence-electron chi connectivity index (χ4n) is 1.97. The number of halogens is 1. The topological polar surface area (TPSA) is 38.7 Å². The Balaban J connectivity index is 2.23. The van der Waals surface area contributed by atoms with Crippen molar-refractivity contribution in [3.05, 3.63) is 22.2 Å². The summed E-state index contributed by atoms with van der Waals surface area (Å²) in [5.74, 6) is 1.52. The summed E-state index contributed by atoms with van der Waals surface area (Å²) in [4.78, 5) is 0. The first-order chi connectivity index (χ1) is 8.60. The van der Waals surface area contributed by atoms with Gasteiger partial charge in [-0.1, -0.05) is 15.9 Å². The van der Waals surface area contributed by atoms with Crippen molar-refractivity contribution >= 4 is 15.9 Å². The average Bonchev–Trinajstić information content (AvgIpc) is 2.26. The summed E-state index contributed by atoms with van der Waals surface area (Å²) in [6.07, 6.45) is 4.02. The number of aliphatic hydroxyl groups is 1. The van der Waals surface area contributed by atoms with Gasteiger partial charge in [0.2, 0.25) is 0 Å². The monoisotopic (exact) mass is 314 g/mol. The van der Waals surface area contributed by atoms with Gasteiger partial charge in [-0.25, -0.2) is 0 Å². The molecular weight excluding hydrogens is 296 g/mol. The zero-order valence-corrected chi connectivity index (χ0v) is 12.4. The highest BCUT2D eigenvalue weighted by molar-refractivity contribution is 9.10. The molecular formula is C14H19BrO3. The van der Waals surface area contributed by atoms with E-state index < -0.39 is 0 Å². The molecule has 1 aliphatic rings. The van der Waals surface area contributed by atoms with E-state index in [9.17, 15) is 5.11 Å². The lowest BCUT2D eigenvalue weighted by Gasteiger charge is -2.27. The molecule has 1 fully saturated rings. The van der Waals surface area contributed by atoms with Gasteiger partial charge in [0.1, 0.15) is 0 Å². The molecule has 2 rings (SSSR count). The van der Waals surface area contributed by atoms with E-state index in [2.05, 4.69) is 15.9 Å². The molecule has 0 amide bonds. The molecule has 3 nitrogen and oxygen atoms in total. The van der Waals surface area contributed by atoms with Gasteiger partial charge in [0.15, 0.2) is 11.5 Å². The number of rotatable bonds is 5. The van der Waals surface area contributed by atoms with Gasteiger partial charge in [0.05, 0.1) is 19.3 Å². The van der Waals surface area contributed by atoms with E-state index >= 15 is 0 Å². The molecule has 1 aromatic carbocycles. The van der Waals surface area contributed by atoms with Crippen molar-refractivity contribution in [1.29, 1.82) is 0 Å². The smallest absolute Gasteiger partial charge is 0.161 e. The lowest BCUT2D eigenvalue weighted by atomic mass is 9.96. The minimum atomic E-state index is -0.369. The van der Waals surface area contributed by atoms with Crippen molar-refractivity contribution in [3.63, 3.8) is 0 Å². The summed E-state index contributed by atoms with van der Waals surface area (Å²) in [6.45, 7) is 1.78. The Morgan fingerprint density at radius 3 is 2.61 bits per heavy atom. The summed E-state index contributed by atoms with van der Waals surface area (Å²) < 4.78 is 12.2. The molecule has 0 saturated heterocycles. The van der Waals surface area contributed by atoms with Crippen LogP contribution in [0.5, 0.6) is 11.5 Å². The highest BCUT2D eigenvalue weighted by atomic mass is 79.9. The Bertz CT molecular complexity index is 414. The Morgan fingerprint density at radius 1 is 1.39 bits per heavy atom. The van der Waals surface area contributed by atoms with Crippen LogP contribution >= 0.6 is 15.9 Å². The number of aliphatic hydroxyl groups excluding tert-OH is 1. The normalized spacial score (nSPS) is 17.1. The second-order valence-corrected chi connectivity index (χ2v) is 5.67. The molecule has 18 heavy (non-hydrogen) atoms. The molecule has 0 spiro atoms. The highest BCUT2D eigenvalue weighted by Gasteiger charge is 2.21. The Morgan fingerprint density at radius 2 is 2.11 bits per heavy atom. The number of ether oxygens (including phenoxy) is 2. The molecule has 1 aliphatic carbocycles. The average molecular weight is 315 g/mol. The summed E-state index contributed by atoms with van der Waals surface area (Å²) >= 11 is 3.50. The van der Waals surface area contributed by atoms with Crippen LogP contribution in [-0.2, 0) is 6.42 Å². The molecule has 0 heterocycles. The van der Waals surface area contributed by atoms with Gasteiger partial charge in [-0.15, -0.1) is 0 Å². The SMILES string of the molecule is COc1cc(Br)c(CC(C)O)cc1OC1CCC1. The van der Waals surface area contributed by atoms with Crippen LogP contribution in [0.1, 0.15) is 31.7 Å². The third kappa shape index (κ3) is 3.18. The maximum absolute atomic E-state index is 9.49. The Labute approximate surface area is 116 Å². The molecule has 1 unspecified atom stereocenters. The van der Waals surface area contributed by atoms with Crippen LogP contribution in [0.15, 0.2) is 16.6 Å². The summed E-state index contributed by atoms with van der Waals surface area (Å²) in [5, 5.41) is 9.49. The Kier molecular flexibility index (Phi) is 4.51. The molecule has 1 aromatic rings. The number of benzene rings is 1. The summed E-state index contributed by atoms with van der Waals surface area (Å²) in [6, 6.07) is 3.87. The van der Waals surface area contributed by atoms with E-state index in [1.165, 1.54) is 6.42 Å². The van der Waals surface area contributed by atoms with E-state index in [0.29, 0.717) is 12.5 Å². The minimum Gasteiger partial charge on any atom is -0.493 e. The molecule has 0 bridgehead atoms. The predicted molar refractivity (Wildman–Crippen MR) is 74.3 cm³/mol. The highest BCUT2D eigenvalue weighted by Crippen LogP contribution is 2.37. The van der Waals surface area contributed by atoms with Gasteiger partial charge < -0.3 is 14.6 Å². The number of hydrogen-bond acceptors (Lipinski definition) is 3. The van der Waals surface area contributed by atoms with Crippen LogP contribution in [0.4, 0.5) is 0 Å². The second-order valence-electron chi connectivity index (χ2n) is 4.82. The largest absolute Gasteiger partial charge is 0.493 e. The Hall–Kier alpha value is -0.740. The van der Waals surface area contributed by atoms with Crippen molar-refractivity contribution in [1.82, 2.24) is 0 Å². The maximum Gasteiger partial charge on any atom is 0.161 e. The van der Waals surface area contributed by atoms with Crippen LogP contribution < -0.4 is 9.47 Å². The summed E-state index contributed by atoms with van der Waals surface area (Å²) in [5.41, 5.74) is 1.04. The molecule has 0 radical (unpaired) electrons. The molecule has 1 N–H and O–H groups in total. The predicted octanol–water partition coefficient (Wildman–Crippen LogP) is 3.31. The molecule has 100 valence electrons. The van der Waals surface area contributed by atoms with Crippen molar-refractivity contribution < 1.29 is 14.6 Å². The minimum absolute atomic E-state index is 0.319. The van der Waals surface area contributed by atoms with Crippen LogP contribution in [0.2, 0.25) is 0 Å². The standard InChI is InChI=1S/C14H19BrO3/c1-9(16)6-10-7-14(18-11-4-3-5-11)13(17-2)8-12(10)15/h7-9,11,16H,3-6H2,1-2H3. The zero-order valence-electron chi connectivity index (χ0n) is 10.8. The van der Waals surface area contributed by atoms with Crippen LogP contribution in [0, 0.1) is 0 Å². The molecule has 0 aromatic heterocycles. The van der Waals surface area contributed by atoms with Crippen molar-refractivity contribution in [2.24, 2.45) is 0 Å². The van der Waals surface area contributed by atoms with Gasteiger partial charge in [0.25, 0.3) is 0 Å². The zero-order chi connectivity index (χ0) is 13.1. The van der Waals surface area contributed by atoms with Gasteiger partial charge in [-0.2, -0.15) is 0 Å². The van der Waals surface area contributed by atoms with Gasteiger partial charge in [0, 0.05) is 4.47 Å². The first kappa shape index (κ1) is 13.7. The first-order valence-corrected chi connectivity index (χ1v) is 7.10. The second kappa shape index (κ2) is 5.93. The van der Waals surface area contributed by atoms with E-state index in [0.717, 1.165) is 34.4 Å². The third-order valence-corrected chi connectivity index (χ3v) is 3.93. The fraction of sp³-hybridized carbons (Fsp3) is 0.571. The van der Waals surface area contributed by atoms with Gasteiger partial charge in [-0.05, 0) is 50.3 Å². The van der Waals surface area contributed by atoms with E-state index in [4.69, 9.17) is 9.47 Å². The maximum atomic E-state index is 9.49. The molecule has 0 aliphatic heterocycles. The number of methoxy groups -OCH3 is 1. The van der Waals surface area contributed by atoms with Gasteiger partial charge in [-0.3, -0.25) is 0 Å². The molecule has 4 heteroatoms. The van der Waals surface area contributed by atoms with Crippen molar-refractivity contribution in [2.45, 2.75) is 44.8 Å². The first-order valence-electron chi connectivity index (χ1n) is 6.31. The van der Waals surface area contributed by atoms with Crippen LogP contribution in [0.3, 0.4) is 0 Å². The van der Waals surface area contributed by atoms with Crippen LogP contribution in [0.25, 0.3) is 0 Å². The van der Waals surface area contributed by atoms with E-state index in [1.54, 1.807) is 14.0 Å². The number of hydrogen-bond donors (Lipinski definition) is 1. The van der Waals surface area contributed by atoms with E-state index in [1.807, 2.05) is 12.1 Å². The van der Waals surface area contributed by atoms with Crippen LogP contribution in [-0.4, -0.2) is 24.4 Å². The third-order valence-electron chi connectivity index (χ3n) is 3.19. The van der Waals surface area contributed by atoms with E-state index in [-0.39, 0.29) is 6.10 Å². The lowest BCUT2D eigenvalue weighted by molar-refractivity contribution is 0.116. The summed E-state index contributed by atoms with van der Waals surface area (Å²) in [7, 11) is 1.64. The van der Waals surface area contributed by atoms with Crippen molar-refractivity contribution in [2.75, 3.05) is 7.11 Å².